The highest BCUT2D eigenvalue weighted by Gasteiger charge is 2.44. The van der Waals surface area contributed by atoms with Crippen LogP contribution in [-0.4, -0.2) is 40.0 Å². The van der Waals surface area contributed by atoms with Crippen molar-refractivity contribution in [1.29, 1.82) is 0 Å². The molecule has 0 saturated heterocycles. The number of carboxylic acid groups (broad SMARTS) is 1. The summed E-state index contributed by atoms with van der Waals surface area (Å²) >= 11 is 0. The Balaban J connectivity index is 1.42. The molecule has 2 heterocycles. The number of aliphatic carboxylic acids is 1. The van der Waals surface area contributed by atoms with Gasteiger partial charge >= 0.3 is 5.97 Å². The van der Waals surface area contributed by atoms with Gasteiger partial charge in [-0.05, 0) is 43.9 Å². The van der Waals surface area contributed by atoms with Crippen molar-refractivity contribution < 1.29 is 24.2 Å². The number of hydrogen-bond donors (Lipinski definition) is 2. The van der Waals surface area contributed by atoms with Crippen LogP contribution in [0.5, 0.6) is 11.5 Å². The largest absolute Gasteiger partial charge is 0.486 e. The Kier molecular flexibility index (Phi) is 4.70. The number of nitrogens with one attached hydrogen (secondary N) is 1. The zero-order chi connectivity index (χ0) is 19.8. The highest BCUT2D eigenvalue weighted by molar-refractivity contribution is 5.96. The van der Waals surface area contributed by atoms with Gasteiger partial charge in [-0.2, -0.15) is 5.10 Å². The first-order chi connectivity index (χ1) is 13.4. The van der Waals surface area contributed by atoms with Gasteiger partial charge in [0, 0.05) is 5.92 Å². The summed E-state index contributed by atoms with van der Waals surface area (Å²) in [4.78, 5) is 23.5. The minimum absolute atomic E-state index is 0.00976. The van der Waals surface area contributed by atoms with Gasteiger partial charge in [0.15, 0.2) is 11.5 Å². The summed E-state index contributed by atoms with van der Waals surface area (Å²) in [6, 6.07) is 5.86. The van der Waals surface area contributed by atoms with Gasteiger partial charge in [0.25, 0.3) is 0 Å². The zero-order valence-corrected chi connectivity index (χ0v) is 15.9. The Morgan fingerprint density at radius 2 is 2.00 bits per heavy atom. The Morgan fingerprint density at radius 3 is 2.75 bits per heavy atom. The maximum Gasteiger partial charge on any atom is 0.305 e. The van der Waals surface area contributed by atoms with Crippen molar-refractivity contribution >= 4 is 17.6 Å². The van der Waals surface area contributed by atoms with Gasteiger partial charge in [-0.25, -0.2) is 0 Å². The second kappa shape index (κ2) is 7.18. The fourth-order valence-corrected chi connectivity index (χ4v) is 3.66. The number of hydrogen-bond acceptors (Lipinski definition) is 5. The molecule has 0 bridgehead atoms. The number of carbonyl (C=O) groups is 2. The summed E-state index contributed by atoms with van der Waals surface area (Å²) in [6.45, 7) is 5.02. The van der Waals surface area contributed by atoms with Crippen LogP contribution in [0.15, 0.2) is 18.2 Å². The molecule has 1 fully saturated rings. The summed E-state index contributed by atoms with van der Waals surface area (Å²) in [5.41, 5.74) is 3.20. The van der Waals surface area contributed by atoms with E-state index in [9.17, 15) is 9.59 Å². The van der Waals surface area contributed by atoms with Crippen LogP contribution < -0.4 is 14.8 Å². The van der Waals surface area contributed by atoms with Gasteiger partial charge in [0.1, 0.15) is 13.2 Å². The normalized spacial score (nSPS) is 19.9. The second-order valence-corrected chi connectivity index (χ2v) is 7.25. The molecule has 1 amide bonds. The van der Waals surface area contributed by atoms with E-state index < -0.39 is 5.97 Å². The molecule has 1 aromatic heterocycles. The third kappa shape index (κ3) is 3.54. The molecule has 0 spiro atoms. The number of fused-ring (bicyclic) bond motifs is 1. The van der Waals surface area contributed by atoms with E-state index in [1.54, 1.807) is 4.68 Å². The SMILES string of the molecule is Cc1nn(CCC(=O)O)c(C)c1NC(=O)C1CC1c1ccc2c(c1)OCCO2. The van der Waals surface area contributed by atoms with Crippen LogP contribution in [0.3, 0.4) is 0 Å². The van der Waals surface area contributed by atoms with E-state index in [1.165, 1.54) is 0 Å². The van der Waals surface area contributed by atoms with Crippen LogP contribution in [0.1, 0.15) is 35.7 Å². The minimum Gasteiger partial charge on any atom is -0.486 e. The Hall–Kier alpha value is -3.03. The van der Waals surface area contributed by atoms with Crippen LogP contribution in [0.2, 0.25) is 0 Å². The minimum atomic E-state index is -0.876. The molecule has 8 nitrogen and oxygen atoms in total. The molecule has 1 aromatic carbocycles. The number of benzene rings is 1. The topological polar surface area (TPSA) is 103 Å². The predicted octanol–water partition coefficient (Wildman–Crippen LogP) is 2.49. The van der Waals surface area contributed by atoms with E-state index >= 15 is 0 Å². The molecule has 1 saturated carbocycles. The van der Waals surface area contributed by atoms with Crippen LogP contribution >= 0.6 is 0 Å². The van der Waals surface area contributed by atoms with Crippen LogP contribution in [-0.2, 0) is 16.1 Å². The van der Waals surface area contributed by atoms with Gasteiger partial charge in [-0.1, -0.05) is 6.07 Å². The number of carboxylic acids is 1. The highest BCUT2D eigenvalue weighted by atomic mass is 16.6. The lowest BCUT2D eigenvalue weighted by atomic mass is 10.1. The van der Waals surface area contributed by atoms with Crippen molar-refractivity contribution in [1.82, 2.24) is 9.78 Å². The molecular formula is C20H23N3O5. The molecular weight excluding hydrogens is 362 g/mol. The maximum atomic E-state index is 12.7. The highest BCUT2D eigenvalue weighted by Crippen LogP contribution is 2.50. The van der Waals surface area contributed by atoms with E-state index in [0.717, 1.165) is 29.2 Å². The van der Waals surface area contributed by atoms with Crippen molar-refractivity contribution in [3.8, 4) is 11.5 Å². The van der Waals surface area contributed by atoms with E-state index in [1.807, 2.05) is 32.0 Å². The first kappa shape index (κ1) is 18.3. The summed E-state index contributed by atoms with van der Waals surface area (Å²) in [6.07, 6.45) is 0.779. The number of carbonyl (C=O) groups excluding carboxylic acids is 1. The molecule has 2 aliphatic rings. The molecule has 2 unspecified atom stereocenters. The van der Waals surface area contributed by atoms with E-state index in [4.69, 9.17) is 14.6 Å². The van der Waals surface area contributed by atoms with Crippen molar-refractivity contribution in [2.75, 3.05) is 18.5 Å². The van der Waals surface area contributed by atoms with Gasteiger partial charge in [0.2, 0.25) is 5.91 Å². The van der Waals surface area contributed by atoms with Gasteiger partial charge < -0.3 is 19.9 Å². The monoisotopic (exact) mass is 385 g/mol. The lowest BCUT2D eigenvalue weighted by Gasteiger charge is -2.18. The Labute approximate surface area is 162 Å². The smallest absolute Gasteiger partial charge is 0.305 e. The summed E-state index contributed by atoms with van der Waals surface area (Å²) in [5, 5.41) is 16.2. The van der Waals surface area contributed by atoms with Gasteiger partial charge in [-0.3, -0.25) is 14.3 Å². The Bertz CT molecular complexity index is 936. The third-order valence-corrected chi connectivity index (χ3v) is 5.29. The first-order valence-electron chi connectivity index (χ1n) is 9.40. The second-order valence-electron chi connectivity index (χ2n) is 7.25. The number of rotatable bonds is 6. The van der Waals surface area contributed by atoms with Crippen molar-refractivity contribution in [2.45, 2.75) is 39.2 Å². The molecule has 2 atom stereocenters. The first-order valence-corrected chi connectivity index (χ1v) is 9.40. The lowest BCUT2D eigenvalue weighted by Crippen LogP contribution is -2.16. The molecule has 1 aliphatic heterocycles. The number of aryl methyl sites for hydroxylation is 2. The molecule has 2 aromatic rings. The number of aromatic nitrogens is 2. The van der Waals surface area contributed by atoms with Crippen LogP contribution in [0.25, 0.3) is 0 Å². The zero-order valence-electron chi connectivity index (χ0n) is 15.9. The molecule has 2 N–H and O–H groups in total. The van der Waals surface area contributed by atoms with Crippen molar-refractivity contribution in [3.63, 3.8) is 0 Å². The lowest BCUT2D eigenvalue weighted by molar-refractivity contribution is -0.137. The van der Waals surface area contributed by atoms with Crippen LogP contribution in [0.4, 0.5) is 5.69 Å². The quantitative estimate of drug-likeness (QED) is 0.792. The van der Waals surface area contributed by atoms with Gasteiger partial charge in [-0.15, -0.1) is 0 Å². The standard InChI is InChI=1S/C20H23N3O5/c1-11-19(12(2)23(22-11)6-5-18(24)25)21-20(26)15-10-14(15)13-3-4-16-17(9-13)28-8-7-27-16/h3-4,9,14-15H,5-8,10H2,1-2H3,(H,21,26)(H,24,25). The predicted molar refractivity (Wildman–Crippen MR) is 101 cm³/mol. The number of amides is 1. The fraction of sp³-hybridized carbons (Fsp3) is 0.450. The average molecular weight is 385 g/mol. The van der Waals surface area contributed by atoms with E-state index in [-0.39, 0.29) is 30.7 Å². The van der Waals surface area contributed by atoms with E-state index in [0.29, 0.717) is 24.6 Å². The molecule has 1 aliphatic carbocycles. The molecule has 8 heteroatoms. The molecule has 0 radical (unpaired) electrons. The van der Waals surface area contributed by atoms with Crippen molar-refractivity contribution in [2.24, 2.45) is 5.92 Å². The average Bonchev–Trinajstić information content (AvgIpc) is 3.44. The summed E-state index contributed by atoms with van der Waals surface area (Å²) in [7, 11) is 0. The third-order valence-electron chi connectivity index (χ3n) is 5.29. The summed E-state index contributed by atoms with van der Waals surface area (Å²) < 4.78 is 12.8. The van der Waals surface area contributed by atoms with Crippen molar-refractivity contribution in [3.05, 3.63) is 35.2 Å². The van der Waals surface area contributed by atoms with Gasteiger partial charge in [0.05, 0.1) is 30.0 Å². The Morgan fingerprint density at radius 1 is 1.25 bits per heavy atom. The summed E-state index contributed by atoms with van der Waals surface area (Å²) in [5.74, 6) is 0.641. The van der Waals surface area contributed by atoms with E-state index in [2.05, 4.69) is 10.4 Å². The maximum absolute atomic E-state index is 12.7. The fourth-order valence-electron chi connectivity index (χ4n) is 3.66. The number of nitrogens with zero attached hydrogens (tertiary/aromatic N) is 2. The number of ether oxygens (including phenoxy) is 2. The van der Waals surface area contributed by atoms with Crippen LogP contribution in [0, 0.1) is 19.8 Å². The molecule has 148 valence electrons. The molecule has 4 rings (SSSR count). The molecule has 28 heavy (non-hydrogen) atoms. The number of anilines is 1.